The number of ether oxygens (including phenoxy) is 2. The molecule has 1 saturated carbocycles. The maximum Gasteiger partial charge on any atom is 0.249 e. The first-order valence-electron chi connectivity index (χ1n) is 14.9. The van der Waals surface area contributed by atoms with Gasteiger partial charge in [-0.15, -0.1) is 0 Å². The van der Waals surface area contributed by atoms with E-state index in [1.807, 2.05) is 37.3 Å². The van der Waals surface area contributed by atoms with E-state index in [4.69, 9.17) is 31.9 Å². The minimum atomic E-state index is -0.870. The van der Waals surface area contributed by atoms with Crippen molar-refractivity contribution >= 4 is 23.4 Å². The molecule has 44 heavy (non-hydrogen) atoms. The molecule has 2 aliphatic rings. The minimum absolute atomic E-state index is 0.0384. The Morgan fingerprint density at radius 1 is 1.09 bits per heavy atom. The van der Waals surface area contributed by atoms with Crippen LogP contribution < -0.4 is 20.5 Å². The lowest BCUT2D eigenvalue weighted by molar-refractivity contribution is -0.125. The number of rotatable bonds is 9. The van der Waals surface area contributed by atoms with Gasteiger partial charge in [-0.05, 0) is 50.3 Å². The van der Waals surface area contributed by atoms with Crippen LogP contribution in [-0.4, -0.2) is 37.2 Å². The standard InChI is InChI=1S/C23H18ClF2NO3.C11H21NO2/c1-23(12-6-4-3-5-7-12)11-14-17(30-23)10-15(25)20(24)18(14)19-13(22(27)28)8-9-16(29-2)21(19)26;13-9-5-4-8-12-11(14)10-6-2-1-3-7-10/h3-10H,11H2,1-2H3,(H2,27,28);10,13H,1-9H2,(H,12,14)/t23-;/m0./s1. The topological polar surface area (TPSA) is 111 Å². The fraction of sp³-hybridized carbons (Fsp3) is 0.412. The first-order valence-corrected chi connectivity index (χ1v) is 15.3. The molecule has 1 atom stereocenters. The summed E-state index contributed by atoms with van der Waals surface area (Å²) in [5.41, 5.74) is 5.71. The third-order valence-electron chi connectivity index (χ3n) is 8.22. The van der Waals surface area contributed by atoms with Crippen LogP contribution in [0, 0.1) is 17.6 Å². The molecule has 0 spiro atoms. The zero-order chi connectivity index (χ0) is 31.9. The second kappa shape index (κ2) is 14.9. The van der Waals surface area contributed by atoms with Gasteiger partial charge in [0, 0.05) is 48.2 Å². The first-order chi connectivity index (χ1) is 21.1. The van der Waals surface area contributed by atoms with E-state index in [-0.39, 0.29) is 58.1 Å². The van der Waals surface area contributed by atoms with Crippen LogP contribution in [0.1, 0.15) is 73.4 Å². The van der Waals surface area contributed by atoms with Crippen LogP contribution in [-0.2, 0) is 16.8 Å². The van der Waals surface area contributed by atoms with Crippen molar-refractivity contribution in [1.82, 2.24) is 5.32 Å². The van der Waals surface area contributed by atoms with Gasteiger partial charge in [0.15, 0.2) is 11.6 Å². The highest BCUT2D eigenvalue weighted by molar-refractivity contribution is 6.34. The minimum Gasteiger partial charge on any atom is -0.494 e. The molecule has 10 heteroatoms. The molecule has 1 fully saturated rings. The van der Waals surface area contributed by atoms with Crippen molar-refractivity contribution in [3.8, 4) is 22.6 Å². The van der Waals surface area contributed by atoms with Crippen molar-refractivity contribution in [3.63, 3.8) is 0 Å². The summed E-state index contributed by atoms with van der Waals surface area (Å²) < 4.78 is 41.2. The van der Waals surface area contributed by atoms with E-state index in [1.54, 1.807) is 0 Å². The molecule has 0 aromatic heterocycles. The number of aliphatic hydroxyl groups is 1. The Morgan fingerprint density at radius 2 is 1.80 bits per heavy atom. The molecule has 3 aromatic carbocycles. The first kappa shape index (κ1) is 33.2. The highest BCUT2D eigenvalue weighted by Gasteiger charge is 2.40. The number of nitrogens with two attached hydrogens (primary N) is 1. The van der Waals surface area contributed by atoms with Crippen LogP contribution in [0.15, 0.2) is 48.5 Å². The molecule has 236 valence electrons. The Bertz CT molecular complexity index is 1480. The normalized spacial score (nSPS) is 17.6. The Kier molecular flexibility index (Phi) is 11.2. The summed E-state index contributed by atoms with van der Waals surface area (Å²) in [6.45, 7) is 2.80. The molecule has 1 aliphatic heterocycles. The number of amides is 2. The number of aliphatic hydroxyl groups excluding tert-OH is 1. The molecular formula is C34H39ClF2N2O5. The SMILES string of the molecule is COc1ccc(C(N)=O)c(-c2c(Cl)c(F)cc3c2C[C@@](C)(c2ccccc2)O3)c1F.O=C(NCCCCO)C1CCCCC1. The predicted octanol–water partition coefficient (Wildman–Crippen LogP) is 6.70. The van der Waals surface area contributed by atoms with E-state index in [9.17, 15) is 14.0 Å². The zero-order valence-electron chi connectivity index (χ0n) is 25.1. The Labute approximate surface area is 261 Å². The summed E-state index contributed by atoms with van der Waals surface area (Å²) in [7, 11) is 1.29. The summed E-state index contributed by atoms with van der Waals surface area (Å²) >= 11 is 6.30. The molecular weight excluding hydrogens is 590 g/mol. The highest BCUT2D eigenvalue weighted by Crippen LogP contribution is 2.50. The lowest BCUT2D eigenvalue weighted by atomic mass is 9.86. The number of hydrogen-bond acceptors (Lipinski definition) is 5. The average Bonchev–Trinajstić information content (AvgIpc) is 3.37. The summed E-state index contributed by atoms with van der Waals surface area (Å²) in [5, 5.41) is 11.2. The number of halogens is 3. The van der Waals surface area contributed by atoms with E-state index in [0.717, 1.165) is 37.8 Å². The highest BCUT2D eigenvalue weighted by atomic mass is 35.5. The molecule has 0 saturated heterocycles. The van der Waals surface area contributed by atoms with Crippen molar-refractivity contribution < 1.29 is 33.0 Å². The smallest absolute Gasteiger partial charge is 0.249 e. The van der Waals surface area contributed by atoms with Crippen molar-refractivity contribution in [3.05, 3.63) is 81.9 Å². The van der Waals surface area contributed by atoms with Gasteiger partial charge in [0.25, 0.3) is 0 Å². The van der Waals surface area contributed by atoms with Crippen LogP contribution in [0.4, 0.5) is 8.78 Å². The van der Waals surface area contributed by atoms with Gasteiger partial charge in [0.1, 0.15) is 17.2 Å². The Hall–Kier alpha value is -3.69. The molecule has 5 rings (SSSR count). The Morgan fingerprint density at radius 3 is 2.43 bits per heavy atom. The summed E-state index contributed by atoms with van der Waals surface area (Å²) in [6.07, 6.45) is 7.77. The van der Waals surface area contributed by atoms with Gasteiger partial charge in [-0.3, -0.25) is 9.59 Å². The van der Waals surface area contributed by atoms with Gasteiger partial charge in [-0.1, -0.05) is 61.2 Å². The quantitative estimate of drug-likeness (QED) is 0.229. The molecule has 7 nitrogen and oxygen atoms in total. The van der Waals surface area contributed by atoms with Gasteiger partial charge in [-0.2, -0.15) is 0 Å². The van der Waals surface area contributed by atoms with Crippen LogP contribution in [0.5, 0.6) is 11.5 Å². The number of hydrogen-bond donors (Lipinski definition) is 3. The zero-order valence-corrected chi connectivity index (χ0v) is 25.8. The number of carbonyl (C=O) groups is 2. The van der Waals surface area contributed by atoms with E-state index >= 15 is 4.39 Å². The number of benzene rings is 3. The number of primary amides is 1. The van der Waals surface area contributed by atoms with Crippen molar-refractivity contribution in [2.24, 2.45) is 11.7 Å². The second-order valence-corrected chi connectivity index (χ2v) is 11.7. The van der Waals surface area contributed by atoms with Gasteiger partial charge in [-0.25, -0.2) is 8.78 Å². The number of nitrogens with one attached hydrogen (secondary N) is 1. The molecule has 3 aromatic rings. The number of unbranched alkanes of at least 4 members (excludes halogenated alkanes) is 1. The van der Waals surface area contributed by atoms with Crippen molar-refractivity contribution in [2.75, 3.05) is 20.3 Å². The van der Waals surface area contributed by atoms with Crippen molar-refractivity contribution in [2.45, 2.75) is 63.9 Å². The second-order valence-electron chi connectivity index (χ2n) is 11.3. The fourth-order valence-electron chi connectivity index (χ4n) is 5.86. The average molecular weight is 629 g/mol. The third-order valence-corrected chi connectivity index (χ3v) is 8.59. The van der Waals surface area contributed by atoms with Crippen LogP contribution in [0.2, 0.25) is 5.02 Å². The van der Waals surface area contributed by atoms with E-state index in [1.165, 1.54) is 44.6 Å². The molecule has 2 amide bonds. The van der Waals surface area contributed by atoms with Gasteiger partial charge >= 0.3 is 0 Å². The largest absolute Gasteiger partial charge is 0.494 e. The fourth-order valence-corrected chi connectivity index (χ4v) is 6.12. The monoisotopic (exact) mass is 628 g/mol. The number of fused-ring (bicyclic) bond motifs is 1. The molecule has 0 bridgehead atoms. The molecule has 0 unspecified atom stereocenters. The van der Waals surface area contributed by atoms with Crippen LogP contribution >= 0.6 is 11.6 Å². The molecule has 0 radical (unpaired) electrons. The van der Waals surface area contributed by atoms with E-state index in [2.05, 4.69) is 5.32 Å². The lowest BCUT2D eigenvalue weighted by Crippen LogP contribution is -2.32. The third kappa shape index (κ3) is 7.33. The number of carbonyl (C=O) groups excluding carboxylic acids is 2. The number of methoxy groups -OCH3 is 1. The van der Waals surface area contributed by atoms with Gasteiger partial charge in [0.05, 0.1) is 17.7 Å². The summed E-state index contributed by atoms with van der Waals surface area (Å²) in [6, 6.07) is 13.2. The lowest BCUT2D eigenvalue weighted by Gasteiger charge is -2.24. The van der Waals surface area contributed by atoms with Crippen molar-refractivity contribution in [1.29, 1.82) is 0 Å². The predicted molar refractivity (Wildman–Crippen MR) is 166 cm³/mol. The van der Waals surface area contributed by atoms with Gasteiger partial charge < -0.3 is 25.6 Å². The van der Waals surface area contributed by atoms with Crippen LogP contribution in [0.3, 0.4) is 0 Å². The molecule has 4 N–H and O–H groups in total. The summed E-state index contributed by atoms with van der Waals surface area (Å²) in [5.74, 6) is -1.91. The Balaban J connectivity index is 0.000000265. The van der Waals surface area contributed by atoms with E-state index in [0.29, 0.717) is 5.56 Å². The van der Waals surface area contributed by atoms with Crippen LogP contribution in [0.25, 0.3) is 11.1 Å². The molecule has 1 heterocycles. The maximum atomic E-state index is 15.3. The summed E-state index contributed by atoms with van der Waals surface area (Å²) in [4.78, 5) is 23.6. The van der Waals surface area contributed by atoms with E-state index < -0.39 is 23.1 Å². The maximum absolute atomic E-state index is 15.3. The molecule has 1 aliphatic carbocycles. The van der Waals surface area contributed by atoms with Gasteiger partial charge in [0.2, 0.25) is 11.8 Å².